The lowest BCUT2D eigenvalue weighted by Crippen LogP contribution is -2.23. The molecule has 0 amide bonds. The van der Waals surface area contributed by atoms with Gasteiger partial charge in [0.15, 0.2) is 5.58 Å². The summed E-state index contributed by atoms with van der Waals surface area (Å²) in [6, 6.07) is 5.94. The van der Waals surface area contributed by atoms with Gasteiger partial charge in [0.25, 0.3) is 0 Å². The number of hydrogen-bond donors (Lipinski definition) is 1. The van der Waals surface area contributed by atoms with E-state index < -0.39 is 0 Å². The Morgan fingerprint density at radius 3 is 2.89 bits per heavy atom. The molecule has 2 rings (SSSR count). The van der Waals surface area contributed by atoms with Crippen LogP contribution in [-0.2, 0) is 13.5 Å². The monoisotopic (exact) mass is 266 g/mol. The molecule has 0 radical (unpaired) electrons. The Morgan fingerprint density at radius 2 is 2.17 bits per heavy atom. The van der Waals surface area contributed by atoms with Crippen molar-refractivity contribution in [3.05, 3.63) is 34.3 Å². The third-order valence-electron chi connectivity index (χ3n) is 3.12. The molecular weight excluding hydrogens is 248 g/mol. The normalized spacial score (nSPS) is 11.6. The van der Waals surface area contributed by atoms with Crippen LogP contribution in [0.15, 0.2) is 27.4 Å². The van der Waals surface area contributed by atoms with Crippen LogP contribution in [0.3, 0.4) is 0 Å². The highest BCUT2D eigenvalue weighted by molar-refractivity contribution is 7.80. The first kappa shape index (κ1) is 13.2. The maximum absolute atomic E-state index is 11.4. The predicted molar refractivity (Wildman–Crippen MR) is 76.5 cm³/mol. The summed E-state index contributed by atoms with van der Waals surface area (Å²) in [6.45, 7) is 1.95. The Bertz CT molecular complexity index is 588. The Labute approximate surface area is 112 Å². The van der Waals surface area contributed by atoms with Gasteiger partial charge in [0.05, 0.1) is 5.52 Å². The van der Waals surface area contributed by atoms with Crippen LogP contribution < -0.4 is 5.76 Å². The maximum atomic E-state index is 11.4. The Balaban J connectivity index is 2.13. The molecule has 5 heteroatoms. The van der Waals surface area contributed by atoms with Crippen molar-refractivity contribution in [1.82, 2.24) is 9.47 Å². The zero-order valence-corrected chi connectivity index (χ0v) is 11.6. The topological polar surface area (TPSA) is 38.4 Å². The van der Waals surface area contributed by atoms with E-state index in [9.17, 15) is 4.79 Å². The highest BCUT2D eigenvalue weighted by atomic mass is 32.1. The first-order valence-electron chi connectivity index (χ1n) is 5.99. The SMILES string of the molecule is CN(CCS)CCc1ccc2c(c1)oc(=O)n2C. The zero-order chi connectivity index (χ0) is 13.1. The van der Waals surface area contributed by atoms with Crippen molar-refractivity contribution in [2.45, 2.75) is 6.42 Å². The number of benzene rings is 1. The summed E-state index contributed by atoms with van der Waals surface area (Å²) in [6.07, 6.45) is 0.943. The van der Waals surface area contributed by atoms with Crippen LogP contribution in [0.5, 0.6) is 0 Å². The lowest BCUT2D eigenvalue weighted by Gasteiger charge is -2.14. The van der Waals surface area contributed by atoms with Crippen LogP contribution in [0.2, 0.25) is 0 Å². The fourth-order valence-electron chi connectivity index (χ4n) is 1.94. The van der Waals surface area contributed by atoms with Gasteiger partial charge in [-0.05, 0) is 31.2 Å². The molecule has 0 saturated carbocycles. The Hall–Kier alpha value is -1.20. The van der Waals surface area contributed by atoms with Gasteiger partial charge in [0.2, 0.25) is 0 Å². The van der Waals surface area contributed by atoms with Gasteiger partial charge >= 0.3 is 5.76 Å². The van der Waals surface area contributed by atoms with Crippen LogP contribution in [-0.4, -0.2) is 35.4 Å². The number of rotatable bonds is 5. The third-order valence-corrected chi connectivity index (χ3v) is 3.32. The van der Waals surface area contributed by atoms with Gasteiger partial charge in [-0.25, -0.2) is 4.79 Å². The number of fused-ring (bicyclic) bond motifs is 1. The van der Waals surface area contributed by atoms with E-state index in [1.165, 1.54) is 10.1 Å². The summed E-state index contributed by atoms with van der Waals surface area (Å²) < 4.78 is 6.70. The minimum atomic E-state index is -0.311. The second-order valence-electron chi connectivity index (χ2n) is 4.51. The minimum absolute atomic E-state index is 0.311. The molecule has 0 aliphatic heterocycles. The summed E-state index contributed by atoms with van der Waals surface area (Å²) in [7, 11) is 3.80. The highest BCUT2D eigenvalue weighted by Gasteiger charge is 2.06. The number of thiol groups is 1. The van der Waals surface area contributed by atoms with Crippen LogP contribution >= 0.6 is 12.6 Å². The highest BCUT2D eigenvalue weighted by Crippen LogP contribution is 2.14. The lowest BCUT2D eigenvalue weighted by molar-refractivity contribution is 0.361. The van der Waals surface area contributed by atoms with Crippen molar-refractivity contribution in [1.29, 1.82) is 0 Å². The summed E-state index contributed by atoms with van der Waals surface area (Å²) >= 11 is 4.21. The first-order chi connectivity index (χ1) is 8.61. The lowest BCUT2D eigenvalue weighted by atomic mass is 10.1. The van der Waals surface area contributed by atoms with E-state index in [1.807, 2.05) is 18.2 Å². The summed E-state index contributed by atoms with van der Waals surface area (Å²) in [5.74, 6) is 0.553. The van der Waals surface area contributed by atoms with Crippen molar-refractivity contribution in [2.24, 2.45) is 7.05 Å². The second kappa shape index (κ2) is 5.63. The summed E-state index contributed by atoms with van der Waals surface area (Å²) in [4.78, 5) is 13.6. The van der Waals surface area contributed by atoms with Gasteiger partial charge in [-0.2, -0.15) is 12.6 Å². The molecular formula is C13H18N2O2S. The Morgan fingerprint density at radius 1 is 1.39 bits per heavy atom. The predicted octanol–water partition coefficient (Wildman–Crippen LogP) is 1.54. The largest absolute Gasteiger partial charge is 0.419 e. The molecule has 0 saturated heterocycles. The molecule has 1 aromatic carbocycles. The fourth-order valence-corrected chi connectivity index (χ4v) is 2.28. The maximum Gasteiger partial charge on any atom is 0.419 e. The van der Waals surface area contributed by atoms with E-state index in [-0.39, 0.29) is 5.76 Å². The molecule has 1 heterocycles. The molecule has 1 aromatic heterocycles. The van der Waals surface area contributed by atoms with E-state index in [0.29, 0.717) is 5.58 Å². The number of aryl methyl sites for hydroxylation is 1. The number of oxazole rings is 1. The number of aromatic nitrogens is 1. The second-order valence-corrected chi connectivity index (χ2v) is 4.95. The molecule has 0 N–H and O–H groups in total. The van der Waals surface area contributed by atoms with E-state index >= 15 is 0 Å². The number of hydrogen-bond acceptors (Lipinski definition) is 4. The van der Waals surface area contributed by atoms with Crippen molar-refractivity contribution in [3.8, 4) is 0 Å². The molecule has 98 valence electrons. The number of nitrogens with zero attached hydrogens (tertiary/aromatic N) is 2. The average molecular weight is 266 g/mol. The van der Waals surface area contributed by atoms with Crippen LogP contribution in [0, 0.1) is 0 Å². The van der Waals surface area contributed by atoms with Gasteiger partial charge < -0.3 is 9.32 Å². The van der Waals surface area contributed by atoms with Gasteiger partial charge in [0.1, 0.15) is 0 Å². The van der Waals surface area contributed by atoms with Crippen molar-refractivity contribution < 1.29 is 4.42 Å². The third kappa shape index (κ3) is 2.79. The van der Waals surface area contributed by atoms with Gasteiger partial charge in [-0.3, -0.25) is 4.57 Å². The standard InChI is InChI=1S/C13H18N2O2S/c1-14(7-8-18)6-5-10-3-4-11-12(9-10)17-13(16)15(11)2/h3-4,9,18H,5-8H2,1-2H3. The van der Waals surface area contributed by atoms with Crippen molar-refractivity contribution in [2.75, 3.05) is 25.9 Å². The van der Waals surface area contributed by atoms with Crippen LogP contribution in [0.1, 0.15) is 5.56 Å². The van der Waals surface area contributed by atoms with E-state index in [0.717, 1.165) is 30.8 Å². The molecule has 0 aliphatic carbocycles. The van der Waals surface area contributed by atoms with Crippen LogP contribution in [0.25, 0.3) is 11.1 Å². The van der Waals surface area contributed by atoms with Crippen molar-refractivity contribution >= 4 is 23.7 Å². The molecule has 2 aromatic rings. The smallest absolute Gasteiger partial charge is 0.408 e. The fraction of sp³-hybridized carbons (Fsp3) is 0.462. The van der Waals surface area contributed by atoms with E-state index in [2.05, 4.69) is 24.6 Å². The van der Waals surface area contributed by atoms with Crippen molar-refractivity contribution in [3.63, 3.8) is 0 Å². The molecule has 0 unspecified atom stereocenters. The molecule has 0 fully saturated rings. The van der Waals surface area contributed by atoms with E-state index in [4.69, 9.17) is 4.42 Å². The van der Waals surface area contributed by atoms with Crippen LogP contribution in [0.4, 0.5) is 0 Å². The molecule has 0 aliphatic rings. The van der Waals surface area contributed by atoms with E-state index in [1.54, 1.807) is 7.05 Å². The Kier molecular flexibility index (Phi) is 4.14. The molecule has 0 atom stereocenters. The quantitative estimate of drug-likeness (QED) is 0.834. The summed E-state index contributed by atoms with van der Waals surface area (Å²) in [5.41, 5.74) is 2.69. The zero-order valence-electron chi connectivity index (χ0n) is 10.7. The molecule has 18 heavy (non-hydrogen) atoms. The van der Waals surface area contributed by atoms with Gasteiger partial charge in [0, 0.05) is 25.9 Å². The van der Waals surface area contributed by atoms with Gasteiger partial charge in [-0.1, -0.05) is 6.07 Å². The average Bonchev–Trinajstić information content (AvgIpc) is 2.63. The molecule has 0 spiro atoms. The first-order valence-corrected chi connectivity index (χ1v) is 6.63. The van der Waals surface area contributed by atoms with Gasteiger partial charge in [-0.15, -0.1) is 0 Å². The molecule has 4 nitrogen and oxygen atoms in total. The minimum Gasteiger partial charge on any atom is -0.408 e. The molecule has 0 bridgehead atoms. The number of likely N-dealkylation sites (N-methyl/N-ethyl adjacent to an activating group) is 1. The summed E-state index contributed by atoms with van der Waals surface area (Å²) in [5, 5.41) is 0.